The molecule has 2 atom stereocenters. The van der Waals surface area contributed by atoms with E-state index in [4.69, 9.17) is 14.2 Å². The number of methoxy groups -OCH3 is 2. The molecule has 0 radical (unpaired) electrons. The Hall–Kier alpha value is -3.87. The lowest BCUT2D eigenvalue weighted by atomic mass is 10.1. The van der Waals surface area contributed by atoms with Crippen molar-refractivity contribution < 1.29 is 32.7 Å². The molecule has 12 heteroatoms. The first-order chi connectivity index (χ1) is 16.7. The maximum Gasteiger partial charge on any atom is 0.278 e. The van der Waals surface area contributed by atoms with Crippen LogP contribution in [0.25, 0.3) is 0 Å². The lowest BCUT2D eigenvalue weighted by molar-refractivity contribution is -0.385. The molecule has 1 saturated heterocycles. The van der Waals surface area contributed by atoms with Crippen molar-refractivity contribution >= 4 is 21.4 Å². The van der Waals surface area contributed by atoms with E-state index in [1.165, 1.54) is 49.6 Å². The summed E-state index contributed by atoms with van der Waals surface area (Å²) in [6, 6.07) is 14.5. The Morgan fingerprint density at radius 2 is 1.71 bits per heavy atom. The van der Waals surface area contributed by atoms with Crippen molar-refractivity contribution in [2.45, 2.75) is 23.8 Å². The molecule has 182 valence electrons. The molecule has 0 aliphatic carbocycles. The largest absolute Gasteiger partial charge is 0.508 e. The Balaban J connectivity index is 1.63. The molecular weight excluding hydrogens is 478 g/mol. The zero-order valence-corrected chi connectivity index (χ0v) is 19.5. The fraction of sp³-hybridized carbons (Fsp3) is 0.217. The topological polar surface area (TPSA) is 135 Å². The minimum Gasteiger partial charge on any atom is -0.508 e. The van der Waals surface area contributed by atoms with Crippen molar-refractivity contribution in [2.75, 3.05) is 18.6 Å². The molecule has 3 aromatic rings. The monoisotopic (exact) mass is 499 g/mol. The highest BCUT2D eigenvalue weighted by Crippen LogP contribution is 2.53. The number of rotatable bonds is 7. The minimum atomic E-state index is -4.17. The van der Waals surface area contributed by atoms with Crippen LogP contribution in [-0.4, -0.2) is 43.9 Å². The van der Waals surface area contributed by atoms with E-state index >= 15 is 0 Å². The van der Waals surface area contributed by atoms with Gasteiger partial charge in [0.15, 0.2) is 6.23 Å². The zero-order valence-electron chi connectivity index (χ0n) is 18.7. The van der Waals surface area contributed by atoms with Crippen LogP contribution in [0.3, 0.4) is 0 Å². The molecule has 11 nitrogen and oxygen atoms in total. The number of phenolic OH excluding ortho intramolecular Hbond substituents is 1. The van der Waals surface area contributed by atoms with Gasteiger partial charge in [-0.15, -0.1) is 0 Å². The molecule has 0 bridgehead atoms. The van der Waals surface area contributed by atoms with Crippen LogP contribution in [0.2, 0.25) is 0 Å². The molecule has 1 fully saturated rings. The third kappa shape index (κ3) is 3.91. The SMILES string of the molecule is COc1ccc(S(=O)(=O)N2c3ccc(OC)cc3C3OC3N2Cc2cc([N+](=O)[O-])ccc2O)cc1. The van der Waals surface area contributed by atoms with Gasteiger partial charge in [-0.1, -0.05) is 0 Å². The van der Waals surface area contributed by atoms with Crippen LogP contribution in [0.1, 0.15) is 17.2 Å². The number of hydrogen-bond acceptors (Lipinski definition) is 9. The van der Waals surface area contributed by atoms with Gasteiger partial charge in [-0.25, -0.2) is 0 Å². The first-order valence-corrected chi connectivity index (χ1v) is 11.9. The maximum absolute atomic E-state index is 13.9. The predicted molar refractivity (Wildman–Crippen MR) is 124 cm³/mol. The van der Waals surface area contributed by atoms with Gasteiger partial charge in [0, 0.05) is 23.3 Å². The van der Waals surface area contributed by atoms with Gasteiger partial charge in [-0.3, -0.25) is 10.1 Å². The molecule has 0 saturated carbocycles. The van der Waals surface area contributed by atoms with Crippen LogP contribution >= 0.6 is 0 Å². The van der Waals surface area contributed by atoms with Gasteiger partial charge in [0.25, 0.3) is 15.7 Å². The normalized spacial score (nSPS) is 19.0. The average Bonchev–Trinajstić information content (AvgIpc) is 3.66. The van der Waals surface area contributed by atoms with Gasteiger partial charge in [0.05, 0.1) is 36.3 Å². The summed E-state index contributed by atoms with van der Waals surface area (Å²) in [5.74, 6) is 0.844. The number of hydrazine groups is 1. The van der Waals surface area contributed by atoms with E-state index < -0.39 is 27.3 Å². The highest BCUT2D eigenvalue weighted by molar-refractivity contribution is 7.92. The number of ether oxygens (including phenoxy) is 3. The molecule has 3 aromatic carbocycles. The predicted octanol–water partition coefficient (Wildman–Crippen LogP) is 3.34. The van der Waals surface area contributed by atoms with Crippen LogP contribution < -0.4 is 13.9 Å². The summed E-state index contributed by atoms with van der Waals surface area (Å²) < 4.78 is 45.2. The molecule has 0 spiro atoms. The molecule has 5 rings (SSSR count). The molecule has 2 heterocycles. The van der Waals surface area contributed by atoms with E-state index in [-0.39, 0.29) is 28.4 Å². The summed E-state index contributed by atoms with van der Waals surface area (Å²) >= 11 is 0. The van der Waals surface area contributed by atoms with Gasteiger partial charge >= 0.3 is 0 Å². The summed E-state index contributed by atoms with van der Waals surface area (Å²) in [5.41, 5.74) is 0.939. The van der Waals surface area contributed by atoms with E-state index in [9.17, 15) is 23.6 Å². The number of nitrogens with zero attached hydrogens (tertiary/aromatic N) is 3. The molecule has 2 unspecified atom stereocenters. The first kappa shape index (κ1) is 22.9. The van der Waals surface area contributed by atoms with Crippen molar-refractivity contribution in [2.24, 2.45) is 0 Å². The number of fused-ring (bicyclic) bond motifs is 3. The van der Waals surface area contributed by atoms with Crippen LogP contribution in [0.4, 0.5) is 11.4 Å². The second-order valence-electron chi connectivity index (χ2n) is 7.96. The highest BCUT2D eigenvalue weighted by Gasteiger charge is 2.55. The van der Waals surface area contributed by atoms with Crippen LogP contribution in [-0.2, 0) is 21.3 Å². The van der Waals surface area contributed by atoms with Crippen molar-refractivity contribution in [1.82, 2.24) is 5.01 Å². The molecule has 1 N–H and O–H groups in total. The summed E-state index contributed by atoms with van der Waals surface area (Å²) in [5, 5.41) is 23.1. The summed E-state index contributed by atoms with van der Waals surface area (Å²) in [6.07, 6.45) is -1.09. The minimum absolute atomic E-state index is 0.00688. The average molecular weight is 500 g/mol. The van der Waals surface area contributed by atoms with Crippen LogP contribution in [0.5, 0.6) is 17.2 Å². The number of anilines is 1. The molecule has 0 aromatic heterocycles. The number of hydrogen-bond donors (Lipinski definition) is 1. The summed E-state index contributed by atoms with van der Waals surface area (Å²) in [4.78, 5) is 10.7. The Morgan fingerprint density at radius 1 is 1.03 bits per heavy atom. The second kappa shape index (κ2) is 8.41. The van der Waals surface area contributed by atoms with Crippen LogP contribution in [0.15, 0.2) is 65.6 Å². The van der Waals surface area contributed by atoms with E-state index in [0.29, 0.717) is 22.7 Å². The van der Waals surface area contributed by atoms with Gasteiger partial charge in [-0.05, 0) is 48.5 Å². The van der Waals surface area contributed by atoms with E-state index in [2.05, 4.69) is 0 Å². The van der Waals surface area contributed by atoms with Gasteiger partial charge in [0.1, 0.15) is 23.4 Å². The van der Waals surface area contributed by atoms with Crippen LogP contribution in [0, 0.1) is 10.1 Å². The van der Waals surface area contributed by atoms with Crippen molar-refractivity contribution in [1.29, 1.82) is 0 Å². The smallest absolute Gasteiger partial charge is 0.278 e. The van der Waals surface area contributed by atoms with E-state index in [1.807, 2.05) is 0 Å². The lowest BCUT2D eigenvalue weighted by Crippen LogP contribution is -2.50. The van der Waals surface area contributed by atoms with Crippen molar-refractivity contribution in [3.63, 3.8) is 0 Å². The van der Waals surface area contributed by atoms with Gasteiger partial charge < -0.3 is 19.3 Å². The maximum atomic E-state index is 13.9. The third-order valence-electron chi connectivity index (χ3n) is 5.93. The highest BCUT2D eigenvalue weighted by atomic mass is 32.2. The fourth-order valence-electron chi connectivity index (χ4n) is 4.12. The van der Waals surface area contributed by atoms with Crippen molar-refractivity contribution in [3.05, 3.63) is 81.9 Å². The molecule has 35 heavy (non-hydrogen) atoms. The first-order valence-electron chi connectivity index (χ1n) is 10.5. The number of benzene rings is 3. The van der Waals surface area contributed by atoms with E-state index in [1.54, 1.807) is 30.3 Å². The number of non-ortho nitro benzene ring substituents is 1. The lowest BCUT2D eigenvalue weighted by Gasteiger charge is -2.38. The fourth-order valence-corrected chi connectivity index (χ4v) is 5.65. The van der Waals surface area contributed by atoms with Crippen molar-refractivity contribution in [3.8, 4) is 17.2 Å². The number of nitro benzene ring substituents is 1. The number of sulfonamides is 1. The molecule has 0 amide bonds. The Kier molecular flexibility index (Phi) is 5.50. The number of aromatic hydroxyl groups is 1. The second-order valence-corrected chi connectivity index (χ2v) is 9.73. The molecular formula is C23H21N3O8S. The quantitative estimate of drug-likeness (QED) is 0.295. The number of phenols is 1. The molecule has 2 aliphatic heterocycles. The number of nitro groups is 1. The Bertz CT molecular complexity index is 1410. The van der Waals surface area contributed by atoms with Gasteiger partial charge in [0.2, 0.25) is 0 Å². The zero-order chi connectivity index (χ0) is 24.9. The van der Waals surface area contributed by atoms with E-state index in [0.717, 1.165) is 4.41 Å². The standard InChI is InChI=1S/C23H21N3O8S/c1-32-16-4-7-18(8-5-16)35(30,31)25-20-9-6-17(33-2)12-19(20)22-23(34-22)24(25)13-14-11-15(26(28)29)3-10-21(14)27/h3-12,22-23,27H,13H2,1-2H3. The Morgan fingerprint density at radius 3 is 2.37 bits per heavy atom. The Labute approximate surface area is 200 Å². The third-order valence-corrected chi connectivity index (χ3v) is 7.66. The van der Waals surface area contributed by atoms with Gasteiger partial charge in [-0.2, -0.15) is 17.8 Å². The number of epoxide rings is 1. The molecule has 2 aliphatic rings. The summed E-state index contributed by atoms with van der Waals surface area (Å²) in [7, 11) is -1.17. The summed E-state index contributed by atoms with van der Waals surface area (Å²) in [6.45, 7) is -0.157.